The summed E-state index contributed by atoms with van der Waals surface area (Å²) in [6.45, 7) is 0. The minimum Gasteiger partial charge on any atom is -0.478 e. The number of aliphatic hydroxyl groups excluding tert-OH is 1. The number of aliphatic carboxylic acids is 1. The van der Waals surface area contributed by atoms with Gasteiger partial charge in [-0.05, 0) is 12.0 Å². The summed E-state index contributed by atoms with van der Waals surface area (Å²) in [4.78, 5) is 21.4. The summed E-state index contributed by atoms with van der Waals surface area (Å²) in [5, 5.41) is 19.2. The Labute approximate surface area is 92.7 Å². The molecular formula is C11H13NO4. The molecule has 0 radical (unpaired) electrons. The molecule has 0 spiro atoms. The maximum atomic E-state index is 11.2. The molecule has 16 heavy (non-hydrogen) atoms. The van der Waals surface area contributed by atoms with E-state index < -0.39 is 18.1 Å². The highest BCUT2D eigenvalue weighted by atomic mass is 16.4. The van der Waals surface area contributed by atoms with E-state index in [1.54, 1.807) is 0 Å². The molecule has 0 saturated carbocycles. The Balaban J connectivity index is 2.33. The lowest BCUT2D eigenvalue weighted by atomic mass is 10.1. The van der Waals surface area contributed by atoms with Crippen LogP contribution in [-0.4, -0.2) is 28.3 Å². The topological polar surface area (TPSA) is 86.6 Å². The summed E-state index contributed by atoms with van der Waals surface area (Å²) < 4.78 is 0. The van der Waals surface area contributed by atoms with Crippen molar-refractivity contribution in [3.8, 4) is 0 Å². The first kappa shape index (κ1) is 12.2. The van der Waals surface area contributed by atoms with Crippen LogP contribution < -0.4 is 5.32 Å². The van der Waals surface area contributed by atoms with Crippen molar-refractivity contribution >= 4 is 11.9 Å². The van der Waals surface area contributed by atoms with E-state index in [1.165, 1.54) is 0 Å². The van der Waals surface area contributed by atoms with Gasteiger partial charge in [0, 0.05) is 6.42 Å². The number of aliphatic hydroxyl groups is 1. The number of carboxylic acids is 1. The molecule has 1 rings (SSSR count). The van der Waals surface area contributed by atoms with E-state index in [9.17, 15) is 9.59 Å². The summed E-state index contributed by atoms with van der Waals surface area (Å²) in [6, 6.07) is 9.35. The van der Waals surface area contributed by atoms with Gasteiger partial charge in [-0.25, -0.2) is 4.79 Å². The molecule has 3 N–H and O–H groups in total. The Bertz CT molecular complexity index is 364. The summed E-state index contributed by atoms with van der Waals surface area (Å²) in [5.41, 5.74) is 0.988. The predicted molar refractivity (Wildman–Crippen MR) is 56.5 cm³/mol. The third-order valence-electron chi connectivity index (χ3n) is 2.02. The lowest BCUT2D eigenvalue weighted by Crippen LogP contribution is -2.40. The minimum absolute atomic E-state index is 0.147. The lowest BCUT2D eigenvalue weighted by Gasteiger charge is -2.07. The number of aryl methyl sites for hydroxylation is 1. The zero-order chi connectivity index (χ0) is 12.0. The van der Waals surface area contributed by atoms with Crippen LogP contribution in [0, 0.1) is 0 Å². The average molecular weight is 223 g/mol. The van der Waals surface area contributed by atoms with Crippen molar-refractivity contribution in [2.24, 2.45) is 0 Å². The fourth-order valence-corrected chi connectivity index (χ4v) is 1.19. The summed E-state index contributed by atoms with van der Waals surface area (Å²) in [7, 11) is 0. The second kappa shape index (κ2) is 5.87. The highest BCUT2D eigenvalue weighted by Crippen LogP contribution is 2.02. The number of carbonyl (C=O) groups excluding carboxylic acids is 1. The molecule has 5 heteroatoms. The van der Waals surface area contributed by atoms with E-state index in [2.05, 4.69) is 0 Å². The van der Waals surface area contributed by atoms with Gasteiger partial charge in [0.2, 0.25) is 12.1 Å². The highest BCUT2D eigenvalue weighted by Gasteiger charge is 2.15. The number of nitrogens with one attached hydrogen (secondary N) is 1. The van der Waals surface area contributed by atoms with E-state index in [0.717, 1.165) is 5.56 Å². The van der Waals surface area contributed by atoms with Crippen molar-refractivity contribution in [1.82, 2.24) is 5.32 Å². The maximum absolute atomic E-state index is 11.2. The molecule has 86 valence electrons. The van der Waals surface area contributed by atoms with Gasteiger partial charge in [-0.15, -0.1) is 0 Å². The number of amides is 1. The maximum Gasteiger partial charge on any atom is 0.353 e. The molecule has 1 aromatic carbocycles. The summed E-state index contributed by atoms with van der Waals surface area (Å²) in [6.07, 6.45) is -1.17. The molecule has 1 aromatic rings. The first-order valence-electron chi connectivity index (χ1n) is 4.84. The Morgan fingerprint density at radius 1 is 1.25 bits per heavy atom. The molecule has 1 unspecified atom stereocenters. The molecule has 0 heterocycles. The number of carbonyl (C=O) groups is 2. The van der Waals surface area contributed by atoms with Gasteiger partial charge in [0.25, 0.3) is 0 Å². The molecule has 1 amide bonds. The smallest absolute Gasteiger partial charge is 0.353 e. The lowest BCUT2D eigenvalue weighted by molar-refractivity contribution is -0.151. The van der Waals surface area contributed by atoms with E-state index >= 15 is 0 Å². The molecule has 0 aliphatic rings. The number of benzene rings is 1. The molecule has 0 saturated heterocycles. The fourth-order valence-electron chi connectivity index (χ4n) is 1.19. The second-order valence-corrected chi connectivity index (χ2v) is 3.29. The molecule has 0 aromatic heterocycles. The van der Waals surface area contributed by atoms with E-state index in [4.69, 9.17) is 10.2 Å². The first-order chi connectivity index (χ1) is 7.59. The Morgan fingerprint density at radius 3 is 2.44 bits per heavy atom. The second-order valence-electron chi connectivity index (χ2n) is 3.29. The van der Waals surface area contributed by atoms with Crippen LogP contribution in [0.3, 0.4) is 0 Å². The van der Waals surface area contributed by atoms with Crippen LogP contribution in [0.5, 0.6) is 0 Å². The molecule has 0 aliphatic heterocycles. The largest absolute Gasteiger partial charge is 0.478 e. The number of rotatable bonds is 5. The minimum atomic E-state index is -1.83. The van der Waals surface area contributed by atoms with Gasteiger partial charge in [0.1, 0.15) is 0 Å². The van der Waals surface area contributed by atoms with Crippen LogP contribution in [-0.2, 0) is 16.0 Å². The first-order valence-corrected chi connectivity index (χ1v) is 4.84. The number of hydrogen-bond acceptors (Lipinski definition) is 3. The van der Waals surface area contributed by atoms with Crippen molar-refractivity contribution in [2.45, 2.75) is 19.1 Å². The molecule has 1 atom stereocenters. The Morgan fingerprint density at radius 2 is 1.88 bits per heavy atom. The molecular weight excluding hydrogens is 210 g/mol. The van der Waals surface area contributed by atoms with E-state index in [-0.39, 0.29) is 6.42 Å². The van der Waals surface area contributed by atoms with E-state index in [0.29, 0.717) is 6.42 Å². The Kier molecular flexibility index (Phi) is 4.47. The van der Waals surface area contributed by atoms with Crippen LogP contribution in [0.1, 0.15) is 12.0 Å². The van der Waals surface area contributed by atoms with Crippen LogP contribution in [0.25, 0.3) is 0 Å². The summed E-state index contributed by atoms with van der Waals surface area (Å²) >= 11 is 0. The number of hydrogen-bond donors (Lipinski definition) is 3. The molecule has 0 bridgehead atoms. The zero-order valence-electron chi connectivity index (χ0n) is 8.59. The third-order valence-corrected chi connectivity index (χ3v) is 2.02. The van der Waals surface area contributed by atoms with Gasteiger partial charge >= 0.3 is 5.97 Å². The molecule has 0 aliphatic carbocycles. The van der Waals surface area contributed by atoms with Gasteiger partial charge in [-0.2, -0.15) is 0 Å². The molecule has 5 nitrogen and oxygen atoms in total. The monoisotopic (exact) mass is 223 g/mol. The average Bonchev–Trinajstić information content (AvgIpc) is 2.27. The van der Waals surface area contributed by atoms with E-state index in [1.807, 2.05) is 35.6 Å². The SMILES string of the molecule is O=C(CCc1ccccc1)NC(O)C(=O)O. The van der Waals surface area contributed by atoms with Crippen molar-refractivity contribution in [3.05, 3.63) is 35.9 Å². The van der Waals surface area contributed by atoms with Gasteiger partial charge in [0.15, 0.2) is 0 Å². The predicted octanol–water partition coefficient (Wildman–Crippen LogP) is 0.138. The van der Waals surface area contributed by atoms with Gasteiger partial charge in [-0.1, -0.05) is 30.3 Å². The highest BCUT2D eigenvalue weighted by molar-refractivity contribution is 5.82. The zero-order valence-corrected chi connectivity index (χ0v) is 8.59. The quantitative estimate of drug-likeness (QED) is 0.620. The van der Waals surface area contributed by atoms with Gasteiger partial charge in [0.05, 0.1) is 0 Å². The van der Waals surface area contributed by atoms with Gasteiger partial charge in [-0.3, -0.25) is 4.79 Å². The van der Waals surface area contributed by atoms with Crippen LogP contribution in [0.4, 0.5) is 0 Å². The number of carboxylic acid groups (broad SMARTS) is 1. The van der Waals surface area contributed by atoms with Crippen molar-refractivity contribution in [1.29, 1.82) is 0 Å². The standard InChI is InChI=1S/C11H13NO4/c13-9(12-10(14)11(15)16)7-6-8-4-2-1-3-5-8/h1-5,10,14H,6-7H2,(H,12,13)(H,15,16). The third kappa shape index (κ3) is 4.10. The van der Waals surface area contributed by atoms with Gasteiger partial charge < -0.3 is 15.5 Å². The molecule has 0 fully saturated rings. The fraction of sp³-hybridized carbons (Fsp3) is 0.273. The van der Waals surface area contributed by atoms with Crippen LogP contribution in [0.15, 0.2) is 30.3 Å². The van der Waals surface area contributed by atoms with Crippen molar-refractivity contribution in [2.75, 3.05) is 0 Å². The normalized spacial score (nSPS) is 11.8. The van der Waals surface area contributed by atoms with Crippen LogP contribution >= 0.6 is 0 Å². The Hall–Kier alpha value is -1.88. The van der Waals surface area contributed by atoms with Crippen molar-refractivity contribution < 1.29 is 19.8 Å². The van der Waals surface area contributed by atoms with Crippen molar-refractivity contribution in [3.63, 3.8) is 0 Å². The summed E-state index contributed by atoms with van der Waals surface area (Å²) in [5.74, 6) is -1.95. The van der Waals surface area contributed by atoms with Crippen LogP contribution in [0.2, 0.25) is 0 Å².